The summed E-state index contributed by atoms with van der Waals surface area (Å²) in [6, 6.07) is 24.7. The molecular formula is C22H17Cl2N3O. The Bertz CT molecular complexity index is 1020. The molecule has 6 heteroatoms. The fraction of sp³-hybridized carbons (Fsp3) is 0.0909. The molecule has 1 heterocycles. The van der Waals surface area contributed by atoms with Crippen molar-refractivity contribution in [3.63, 3.8) is 0 Å². The molecule has 0 N–H and O–H groups in total. The van der Waals surface area contributed by atoms with E-state index in [0.29, 0.717) is 15.9 Å². The molecule has 3 aromatic carbocycles. The Balaban J connectivity index is 1.89. The number of Topliss-reactive ketones (excluding diaryl/α,β-unsaturated/α-hetero) is 1. The van der Waals surface area contributed by atoms with E-state index in [1.54, 1.807) is 12.1 Å². The number of anilines is 2. The Hall–Kier alpha value is -2.82. The minimum Gasteiger partial charge on any atom is -0.295 e. The predicted octanol–water partition coefficient (Wildman–Crippen LogP) is 5.92. The molecule has 140 valence electrons. The van der Waals surface area contributed by atoms with Gasteiger partial charge in [0.2, 0.25) is 0 Å². The van der Waals surface area contributed by atoms with Gasteiger partial charge in [-0.25, -0.2) is 5.01 Å². The zero-order valence-corrected chi connectivity index (χ0v) is 16.6. The number of halogens is 2. The van der Waals surface area contributed by atoms with Crippen molar-refractivity contribution in [1.82, 2.24) is 0 Å². The summed E-state index contributed by atoms with van der Waals surface area (Å²) in [6.07, 6.45) is -0.334. The Kier molecular flexibility index (Phi) is 5.07. The zero-order chi connectivity index (χ0) is 19.7. The Labute approximate surface area is 173 Å². The average molecular weight is 410 g/mol. The molecule has 0 bridgehead atoms. The van der Waals surface area contributed by atoms with Gasteiger partial charge in [0.25, 0.3) is 0 Å². The summed E-state index contributed by atoms with van der Waals surface area (Å²) >= 11 is 12.2. The number of benzene rings is 3. The van der Waals surface area contributed by atoms with E-state index in [4.69, 9.17) is 23.2 Å². The Morgan fingerprint density at radius 2 is 1.39 bits per heavy atom. The molecular weight excluding hydrogens is 393 g/mol. The molecule has 3 aromatic rings. The van der Waals surface area contributed by atoms with E-state index in [2.05, 4.69) is 5.10 Å². The van der Waals surface area contributed by atoms with E-state index < -0.39 is 0 Å². The lowest BCUT2D eigenvalue weighted by atomic mass is 10.1. The van der Waals surface area contributed by atoms with E-state index in [1.165, 1.54) is 6.92 Å². The van der Waals surface area contributed by atoms with Gasteiger partial charge in [-0.1, -0.05) is 53.5 Å². The summed E-state index contributed by atoms with van der Waals surface area (Å²) in [6.45, 7) is 1.52. The van der Waals surface area contributed by atoms with Crippen molar-refractivity contribution in [3.05, 3.63) is 94.5 Å². The van der Waals surface area contributed by atoms with Crippen molar-refractivity contribution in [2.45, 2.75) is 13.1 Å². The molecule has 1 atom stereocenters. The highest BCUT2D eigenvalue weighted by atomic mass is 35.5. The van der Waals surface area contributed by atoms with Crippen LogP contribution in [0.1, 0.15) is 18.7 Å². The molecule has 4 nitrogen and oxygen atoms in total. The summed E-state index contributed by atoms with van der Waals surface area (Å²) in [5, 5.41) is 7.82. The first-order chi connectivity index (χ1) is 13.5. The number of carbonyl (C=O) groups is 1. The van der Waals surface area contributed by atoms with Crippen LogP contribution in [0.2, 0.25) is 10.0 Å². The standard InChI is InChI=1S/C22H17Cl2N3O/c1-15(28)21-25-27(20-5-3-2-4-6-20)22(16-7-9-17(23)10-8-16)26(21)19-13-11-18(24)12-14-19/h2-14,22H,1H3. The molecule has 0 aromatic heterocycles. The van der Waals surface area contributed by atoms with Crippen LogP contribution in [-0.2, 0) is 4.79 Å². The van der Waals surface area contributed by atoms with Crippen LogP contribution in [0.3, 0.4) is 0 Å². The van der Waals surface area contributed by atoms with Gasteiger partial charge >= 0.3 is 0 Å². The van der Waals surface area contributed by atoms with Crippen molar-refractivity contribution < 1.29 is 4.79 Å². The number of nitrogens with zero attached hydrogens (tertiary/aromatic N) is 3. The van der Waals surface area contributed by atoms with Gasteiger partial charge in [-0.3, -0.25) is 9.69 Å². The Morgan fingerprint density at radius 1 is 0.821 bits per heavy atom. The molecule has 4 rings (SSSR count). The van der Waals surface area contributed by atoms with E-state index in [1.807, 2.05) is 76.6 Å². The van der Waals surface area contributed by atoms with Crippen molar-refractivity contribution in [2.24, 2.45) is 5.10 Å². The molecule has 0 fully saturated rings. The second-order valence-electron chi connectivity index (χ2n) is 6.43. The van der Waals surface area contributed by atoms with Gasteiger partial charge in [-0.2, -0.15) is 0 Å². The third kappa shape index (κ3) is 3.49. The second-order valence-corrected chi connectivity index (χ2v) is 7.30. The van der Waals surface area contributed by atoms with Crippen LogP contribution in [0.5, 0.6) is 0 Å². The third-order valence-electron chi connectivity index (χ3n) is 4.52. The van der Waals surface area contributed by atoms with Gasteiger partial charge in [0.1, 0.15) is 0 Å². The molecule has 0 aliphatic carbocycles. The topological polar surface area (TPSA) is 35.9 Å². The molecule has 1 aliphatic heterocycles. The van der Waals surface area contributed by atoms with Crippen LogP contribution < -0.4 is 9.91 Å². The van der Waals surface area contributed by atoms with Crippen molar-refractivity contribution in [2.75, 3.05) is 9.91 Å². The number of hydrazone groups is 1. The highest BCUT2D eigenvalue weighted by Gasteiger charge is 2.39. The van der Waals surface area contributed by atoms with E-state index in [-0.39, 0.29) is 11.9 Å². The van der Waals surface area contributed by atoms with Gasteiger partial charge in [0, 0.05) is 22.7 Å². The van der Waals surface area contributed by atoms with Gasteiger partial charge in [0.15, 0.2) is 17.8 Å². The third-order valence-corrected chi connectivity index (χ3v) is 5.02. The highest BCUT2D eigenvalue weighted by Crippen LogP contribution is 2.39. The zero-order valence-electron chi connectivity index (χ0n) is 15.1. The molecule has 28 heavy (non-hydrogen) atoms. The van der Waals surface area contributed by atoms with Crippen LogP contribution in [0, 0.1) is 0 Å². The molecule has 0 spiro atoms. The first-order valence-electron chi connectivity index (χ1n) is 8.79. The predicted molar refractivity (Wildman–Crippen MR) is 115 cm³/mol. The summed E-state index contributed by atoms with van der Waals surface area (Å²) in [5.41, 5.74) is 2.68. The molecule has 0 saturated heterocycles. The minimum absolute atomic E-state index is 0.118. The van der Waals surface area contributed by atoms with E-state index >= 15 is 0 Å². The lowest BCUT2D eigenvalue weighted by Gasteiger charge is -2.32. The SMILES string of the molecule is CC(=O)C1=NN(c2ccccc2)C(c2ccc(Cl)cc2)N1c1ccc(Cl)cc1. The van der Waals surface area contributed by atoms with Crippen LogP contribution >= 0.6 is 23.2 Å². The largest absolute Gasteiger partial charge is 0.295 e. The quantitative estimate of drug-likeness (QED) is 0.536. The van der Waals surface area contributed by atoms with Crippen LogP contribution in [0.25, 0.3) is 0 Å². The highest BCUT2D eigenvalue weighted by molar-refractivity contribution is 6.44. The van der Waals surface area contributed by atoms with Crippen LogP contribution in [-0.4, -0.2) is 11.6 Å². The van der Waals surface area contributed by atoms with Crippen molar-refractivity contribution >= 4 is 46.2 Å². The number of para-hydroxylation sites is 1. The minimum atomic E-state index is -0.334. The first kappa shape index (κ1) is 18.5. The van der Waals surface area contributed by atoms with Crippen molar-refractivity contribution in [1.29, 1.82) is 0 Å². The first-order valence-corrected chi connectivity index (χ1v) is 9.54. The summed E-state index contributed by atoms with van der Waals surface area (Å²) in [4.78, 5) is 14.4. The van der Waals surface area contributed by atoms with Crippen molar-refractivity contribution in [3.8, 4) is 0 Å². The second kappa shape index (κ2) is 7.66. The van der Waals surface area contributed by atoms with Crippen LogP contribution in [0.4, 0.5) is 11.4 Å². The smallest absolute Gasteiger partial charge is 0.198 e. The number of hydrogen-bond acceptors (Lipinski definition) is 4. The van der Waals surface area contributed by atoms with Gasteiger partial charge in [-0.15, -0.1) is 5.10 Å². The van der Waals surface area contributed by atoms with E-state index in [9.17, 15) is 4.79 Å². The Morgan fingerprint density at radius 3 is 1.96 bits per heavy atom. The number of hydrogen-bond donors (Lipinski definition) is 0. The number of amidine groups is 1. The molecule has 0 amide bonds. The lowest BCUT2D eigenvalue weighted by molar-refractivity contribution is -0.111. The monoisotopic (exact) mass is 409 g/mol. The molecule has 1 aliphatic rings. The summed E-state index contributed by atoms with van der Waals surface area (Å²) in [7, 11) is 0. The fourth-order valence-electron chi connectivity index (χ4n) is 3.24. The van der Waals surface area contributed by atoms with Gasteiger partial charge < -0.3 is 0 Å². The summed E-state index contributed by atoms with van der Waals surface area (Å²) < 4.78 is 0. The molecule has 0 radical (unpaired) electrons. The number of carbonyl (C=O) groups excluding carboxylic acids is 1. The maximum atomic E-state index is 12.5. The van der Waals surface area contributed by atoms with Crippen LogP contribution in [0.15, 0.2) is 84.0 Å². The normalized spacial score (nSPS) is 16.2. The molecule has 0 saturated carbocycles. The maximum Gasteiger partial charge on any atom is 0.198 e. The van der Waals surface area contributed by atoms with Gasteiger partial charge in [-0.05, 0) is 54.1 Å². The van der Waals surface area contributed by atoms with Gasteiger partial charge in [0.05, 0.1) is 5.69 Å². The van der Waals surface area contributed by atoms with E-state index in [0.717, 1.165) is 16.9 Å². The summed E-state index contributed by atoms with van der Waals surface area (Å²) in [5.74, 6) is 0.249. The maximum absolute atomic E-state index is 12.5. The lowest BCUT2D eigenvalue weighted by Crippen LogP contribution is -2.37. The number of rotatable bonds is 4. The fourth-order valence-corrected chi connectivity index (χ4v) is 3.49. The number of ketones is 1. The molecule has 1 unspecified atom stereocenters. The average Bonchev–Trinajstić information content (AvgIpc) is 3.11.